The molecule has 0 aliphatic carbocycles. The lowest BCUT2D eigenvalue weighted by molar-refractivity contribution is 0.0925. The van der Waals surface area contributed by atoms with E-state index in [9.17, 15) is 9.90 Å². The van der Waals surface area contributed by atoms with E-state index in [4.69, 9.17) is 4.74 Å². The summed E-state index contributed by atoms with van der Waals surface area (Å²) in [6.07, 6.45) is 1.31. The van der Waals surface area contributed by atoms with Gasteiger partial charge in [-0.3, -0.25) is 4.79 Å². The van der Waals surface area contributed by atoms with E-state index in [1.165, 1.54) is 0 Å². The van der Waals surface area contributed by atoms with E-state index in [-0.39, 0.29) is 11.8 Å². The fraction of sp³-hybridized carbons (Fsp3) is 0.600. The van der Waals surface area contributed by atoms with E-state index in [1.54, 1.807) is 18.3 Å². The Hall–Kier alpha value is -1.70. The Morgan fingerprint density at radius 3 is 3.00 bits per heavy atom. The van der Waals surface area contributed by atoms with Crippen LogP contribution in [0.25, 0.3) is 0 Å². The average molecular weight is 306 g/mol. The van der Waals surface area contributed by atoms with Gasteiger partial charge in [-0.1, -0.05) is 0 Å². The van der Waals surface area contributed by atoms with E-state index >= 15 is 0 Å². The van der Waals surface area contributed by atoms with Crippen LogP contribution in [0.2, 0.25) is 0 Å². The van der Waals surface area contributed by atoms with Gasteiger partial charge in [0.15, 0.2) is 0 Å². The van der Waals surface area contributed by atoms with Gasteiger partial charge in [-0.25, -0.2) is 4.98 Å². The van der Waals surface area contributed by atoms with Crippen LogP contribution in [-0.2, 0) is 4.74 Å². The highest BCUT2D eigenvalue weighted by molar-refractivity contribution is 5.98. The minimum absolute atomic E-state index is 0.0625. The van der Waals surface area contributed by atoms with Gasteiger partial charge in [0.05, 0.1) is 24.9 Å². The van der Waals surface area contributed by atoms with Crippen LogP contribution >= 0.6 is 0 Å². The van der Waals surface area contributed by atoms with Crippen molar-refractivity contribution in [2.45, 2.75) is 6.10 Å². The highest BCUT2D eigenvalue weighted by atomic mass is 16.5. The van der Waals surface area contributed by atoms with E-state index < -0.39 is 6.10 Å². The number of aliphatic hydroxyl groups is 1. The Bertz CT molecular complexity index is 519. The van der Waals surface area contributed by atoms with Crippen molar-refractivity contribution in [3.63, 3.8) is 0 Å². The van der Waals surface area contributed by atoms with E-state index in [0.717, 1.165) is 19.6 Å². The maximum absolute atomic E-state index is 12.5. The summed E-state index contributed by atoms with van der Waals surface area (Å²) >= 11 is 0. The summed E-state index contributed by atoms with van der Waals surface area (Å²) in [6, 6.07) is 3.56. The molecule has 0 radical (unpaired) electrons. The van der Waals surface area contributed by atoms with Crippen molar-refractivity contribution in [2.75, 3.05) is 50.8 Å². The SMILES string of the molecule is O=C(NCC1CNCC1O)c1cccnc1N1CCOCC1. The largest absolute Gasteiger partial charge is 0.391 e. The first-order valence-electron chi connectivity index (χ1n) is 7.70. The maximum Gasteiger partial charge on any atom is 0.255 e. The van der Waals surface area contributed by atoms with Crippen LogP contribution in [0, 0.1) is 5.92 Å². The summed E-state index contributed by atoms with van der Waals surface area (Å²) in [5, 5.41) is 15.8. The molecule has 22 heavy (non-hydrogen) atoms. The van der Waals surface area contributed by atoms with Crippen LogP contribution in [0.5, 0.6) is 0 Å². The molecular weight excluding hydrogens is 284 g/mol. The van der Waals surface area contributed by atoms with Crippen LogP contribution in [-0.4, -0.2) is 68.0 Å². The van der Waals surface area contributed by atoms with Crippen LogP contribution in [0.4, 0.5) is 5.82 Å². The number of β-amino-alcohol motifs (C(OH)–C–C–N with tert-alkyl or cyclic N) is 1. The minimum atomic E-state index is -0.395. The number of morpholine rings is 1. The fourth-order valence-corrected chi connectivity index (χ4v) is 2.85. The molecule has 2 unspecified atom stereocenters. The van der Waals surface area contributed by atoms with Gasteiger partial charge in [-0.15, -0.1) is 0 Å². The van der Waals surface area contributed by atoms with Crippen LogP contribution in [0.1, 0.15) is 10.4 Å². The van der Waals surface area contributed by atoms with E-state index in [0.29, 0.717) is 37.7 Å². The van der Waals surface area contributed by atoms with E-state index in [1.807, 2.05) is 0 Å². The molecule has 3 heterocycles. The first kappa shape index (κ1) is 15.2. The van der Waals surface area contributed by atoms with Gasteiger partial charge in [-0.05, 0) is 12.1 Å². The Balaban J connectivity index is 1.66. The topological polar surface area (TPSA) is 86.7 Å². The molecule has 1 amide bonds. The van der Waals surface area contributed by atoms with Crippen LogP contribution in [0.15, 0.2) is 18.3 Å². The molecule has 2 fully saturated rings. The first-order valence-corrected chi connectivity index (χ1v) is 7.70. The fourth-order valence-electron chi connectivity index (χ4n) is 2.85. The molecule has 2 aliphatic rings. The highest BCUT2D eigenvalue weighted by Gasteiger charge is 2.26. The zero-order valence-electron chi connectivity index (χ0n) is 12.5. The number of ether oxygens (including phenoxy) is 1. The molecule has 1 aromatic heterocycles. The highest BCUT2D eigenvalue weighted by Crippen LogP contribution is 2.18. The second-order valence-electron chi connectivity index (χ2n) is 5.67. The van der Waals surface area contributed by atoms with Gasteiger partial charge < -0.3 is 25.4 Å². The number of nitrogens with zero attached hydrogens (tertiary/aromatic N) is 2. The quantitative estimate of drug-likeness (QED) is 0.677. The molecule has 2 atom stereocenters. The van der Waals surface area contributed by atoms with Crippen molar-refractivity contribution in [1.82, 2.24) is 15.6 Å². The van der Waals surface area contributed by atoms with Crippen molar-refractivity contribution in [2.24, 2.45) is 5.92 Å². The normalized spacial score (nSPS) is 25.2. The number of hydrogen-bond donors (Lipinski definition) is 3. The predicted molar refractivity (Wildman–Crippen MR) is 82.0 cm³/mol. The van der Waals surface area contributed by atoms with Gasteiger partial charge in [0.2, 0.25) is 0 Å². The summed E-state index contributed by atoms with van der Waals surface area (Å²) in [4.78, 5) is 18.9. The second-order valence-corrected chi connectivity index (χ2v) is 5.67. The smallest absolute Gasteiger partial charge is 0.255 e. The Kier molecular flexibility index (Phi) is 4.87. The summed E-state index contributed by atoms with van der Waals surface area (Å²) < 4.78 is 5.34. The molecule has 2 aliphatic heterocycles. The molecule has 3 rings (SSSR count). The van der Waals surface area contributed by atoms with Gasteiger partial charge in [0.1, 0.15) is 5.82 Å². The van der Waals surface area contributed by atoms with Crippen molar-refractivity contribution in [1.29, 1.82) is 0 Å². The van der Waals surface area contributed by atoms with Crippen LogP contribution in [0.3, 0.4) is 0 Å². The van der Waals surface area contributed by atoms with Crippen LogP contribution < -0.4 is 15.5 Å². The van der Waals surface area contributed by atoms with Gasteiger partial charge in [-0.2, -0.15) is 0 Å². The van der Waals surface area contributed by atoms with E-state index in [2.05, 4.69) is 20.5 Å². The number of pyridine rings is 1. The molecule has 0 aromatic carbocycles. The monoisotopic (exact) mass is 306 g/mol. The number of rotatable bonds is 4. The van der Waals surface area contributed by atoms with Crippen molar-refractivity contribution in [3.8, 4) is 0 Å². The number of aromatic nitrogens is 1. The molecule has 7 nitrogen and oxygen atoms in total. The third-order valence-electron chi connectivity index (χ3n) is 4.17. The summed E-state index contributed by atoms with van der Waals surface area (Å²) in [6.45, 7) is 4.56. The number of aliphatic hydroxyl groups excluding tert-OH is 1. The Labute approximate surface area is 129 Å². The molecule has 2 saturated heterocycles. The summed E-state index contributed by atoms with van der Waals surface area (Å²) in [7, 11) is 0. The van der Waals surface area contributed by atoms with Gasteiger partial charge in [0.25, 0.3) is 5.91 Å². The molecule has 0 saturated carbocycles. The molecule has 0 spiro atoms. The zero-order valence-corrected chi connectivity index (χ0v) is 12.5. The lowest BCUT2D eigenvalue weighted by Crippen LogP contribution is -2.39. The predicted octanol–water partition coefficient (Wildman–Crippen LogP) is -0.772. The third kappa shape index (κ3) is 3.37. The number of nitrogens with one attached hydrogen (secondary N) is 2. The Morgan fingerprint density at radius 2 is 2.27 bits per heavy atom. The van der Waals surface area contributed by atoms with Gasteiger partial charge >= 0.3 is 0 Å². The maximum atomic E-state index is 12.5. The standard InChI is InChI=1S/C15H22N4O3/c20-13-10-16-8-11(13)9-18-15(21)12-2-1-3-17-14(12)19-4-6-22-7-5-19/h1-3,11,13,16,20H,4-10H2,(H,18,21). The van der Waals surface area contributed by atoms with Crippen molar-refractivity contribution < 1.29 is 14.6 Å². The summed E-state index contributed by atoms with van der Waals surface area (Å²) in [5.41, 5.74) is 0.574. The lowest BCUT2D eigenvalue weighted by Gasteiger charge is -2.29. The average Bonchev–Trinajstić information content (AvgIpc) is 2.98. The molecule has 120 valence electrons. The third-order valence-corrected chi connectivity index (χ3v) is 4.17. The summed E-state index contributed by atoms with van der Waals surface area (Å²) in [5.74, 6) is 0.620. The number of hydrogen-bond acceptors (Lipinski definition) is 6. The molecule has 0 bridgehead atoms. The Morgan fingerprint density at radius 1 is 1.45 bits per heavy atom. The second kappa shape index (κ2) is 7.04. The zero-order chi connectivity index (χ0) is 15.4. The first-order chi connectivity index (χ1) is 10.8. The number of carbonyl (C=O) groups excluding carboxylic acids is 1. The minimum Gasteiger partial charge on any atom is -0.391 e. The van der Waals surface area contributed by atoms with Gasteiger partial charge in [0, 0.05) is 44.8 Å². The lowest BCUT2D eigenvalue weighted by atomic mass is 10.1. The molecule has 3 N–H and O–H groups in total. The van der Waals surface area contributed by atoms with Crippen molar-refractivity contribution >= 4 is 11.7 Å². The molecule has 7 heteroatoms. The number of anilines is 1. The van der Waals surface area contributed by atoms with Crippen molar-refractivity contribution in [3.05, 3.63) is 23.9 Å². The number of amides is 1. The molecule has 1 aromatic rings. The number of carbonyl (C=O) groups is 1. The molecular formula is C15H22N4O3.